The molecule has 0 amide bonds. The molecule has 4 heteroatoms. The number of halogens is 1. The van der Waals surface area contributed by atoms with Crippen LogP contribution in [0.25, 0.3) is 33.6 Å². The van der Waals surface area contributed by atoms with Gasteiger partial charge in [0.1, 0.15) is 6.04 Å². The third-order valence-electron chi connectivity index (χ3n) is 7.12. The maximum Gasteiger partial charge on any atom is 0.350 e. The minimum atomic E-state index is 0.0421. The summed E-state index contributed by atoms with van der Waals surface area (Å²) in [6.45, 7) is 0. The van der Waals surface area contributed by atoms with Crippen LogP contribution in [0.1, 0.15) is 22.9 Å². The number of hydrogen-bond donors (Lipinski definition) is 1. The Bertz CT molecular complexity index is 1590. The second-order valence-electron chi connectivity index (χ2n) is 9.04. The van der Waals surface area contributed by atoms with Crippen molar-refractivity contribution in [1.82, 2.24) is 9.88 Å². The number of aromatic nitrogens is 1. The van der Waals surface area contributed by atoms with E-state index in [0.29, 0.717) is 5.29 Å². The van der Waals surface area contributed by atoms with Gasteiger partial charge in [-0.3, -0.25) is 0 Å². The first-order chi connectivity index (χ1) is 16.8. The average molecular weight is 461 g/mol. The zero-order valence-electron chi connectivity index (χ0n) is 18.5. The van der Waals surface area contributed by atoms with Crippen LogP contribution in [0.5, 0.6) is 0 Å². The van der Waals surface area contributed by atoms with Crippen molar-refractivity contribution in [3.8, 4) is 5.69 Å². The summed E-state index contributed by atoms with van der Waals surface area (Å²) in [6.07, 6.45) is 5.49. The average Bonchev–Trinajstić information content (AvgIpc) is 3.22. The van der Waals surface area contributed by atoms with Gasteiger partial charge in [0, 0.05) is 40.0 Å². The normalized spacial score (nSPS) is 19.2. The van der Waals surface area contributed by atoms with E-state index in [-0.39, 0.29) is 12.2 Å². The molecule has 5 aromatic rings. The molecule has 2 aliphatic rings. The summed E-state index contributed by atoms with van der Waals surface area (Å²) in [6, 6.07) is 34.9. The van der Waals surface area contributed by atoms with Crippen LogP contribution in [0.2, 0.25) is 0 Å². The lowest BCUT2D eigenvalue weighted by atomic mass is 9.93. The SMILES string of the molecule is ClC1=[N+](C2C=Cc3ccccc3C2)C(c2cccc(-n3c4ccccc4c4ccccc43)c2)N1. The summed E-state index contributed by atoms with van der Waals surface area (Å²) in [5.41, 5.74) is 7.46. The molecular formula is C30H23ClN3+. The first-order valence-corrected chi connectivity index (χ1v) is 12.1. The highest BCUT2D eigenvalue weighted by molar-refractivity contribution is 6.63. The fourth-order valence-electron chi connectivity index (χ4n) is 5.50. The number of para-hydroxylation sites is 2. The molecule has 2 atom stereocenters. The van der Waals surface area contributed by atoms with Gasteiger partial charge in [0.05, 0.1) is 11.0 Å². The van der Waals surface area contributed by atoms with Crippen molar-refractivity contribution in [2.24, 2.45) is 0 Å². The number of nitrogens with zero attached hydrogens (tertiary/aromatic N) is 2. The maximum atomic E-state index is 6.61. The van der Waals surface area contributed by atoms with Gasteiger partial charge in [0.25, 0.3) is 6.17 Å². The number of hydrogen-bond acceptors (Lipinski definition) is 1. The Labute approximate surface area is 203 Å². The monoisotopic (exact) mass is 460 g/mol. The fourth-order valence-corrected chi connectivity index (χ4v) is 5.83. The number of nitrogens with one attached hydrogen (secondary N) is 1. The standard InChI is InChI=1S/C30H22ClN3/c31-30-32-29(34(30)24-17-16-20-8-1-2-9-21(20)18-24)22-10-7-11-23(19-22)33-27-14-5-3-12-25(27)26-13-4-6-15-28(26)33/h1-17,19,24,29H,18H2/p+1. The topological polar surface area (TPSA) is 20.0 Å². The second-order valence-corrected chi connectivity index (χ2v) is 9.40. The first kappa shape index (κ1) is 19.6. The predicted molar refractivity (Wildman–Crippen MR) is 141 cm³/mol. The fraction of sp³-hybridized carbons (Fsp3) is 0.100. The molecule has 0 radical (unpaired) electrons. The van der Waals surface area contributed by atoms with Crippen molar-refractivity contribution in [3.05, 3.63) is 120 Å². The van der Waals surface area contributed by atoms with E-state index in [9.17, 15) is 0 Å². The van der Waals surface area contributed by atoms with Crippen molar-refractivity contribution >= 4 is 44.8 Å². The summed E-state index contributed by atoms with van der Waals surface area (Å²) < 4.78 is 4.65. The van der Waals surface area contributed by atoms with E-state index < -0.39 is 0 Å². The Morgan fingerprint density at radius 3 is 2.26 bits per heavy atom. The Kier molecular flexibility index (Phi) is 4.39. The van der Waals surface area contributed by atoms with Gasteiger partial charge in [-0.15, -0.1) is 0 Å². The van der Waals surface area contributed by atoms with Crippen LogP contribution in [0.15, 0.2) is 103 Å². The van der Waals surface area contributed by atoms with Crippen LogP contribution in [0.4, 0.5) is 0 Å². The molecule has 34 heavy (non-hydrogen) atoms. The van der Waals surface area contributed by atoms with Gasteiger partial charge in [-0.05, 0) is 41.5 Å². The van der Waals surface area contributed by atoms with Crippen molar-refractivity contribution < 1.29 is 4.58 Å². The zero-order chi connectivity index (χ0) is 22.6. The molecule has 164 valence electrons. The predicted octanol–water partition coefficient (Wildman–Crippen LogP) is 6.63. The lowest BCUT2D eigenvalue weighted by Crippen LogP contribution is -2.54. The summed E-state index contributed by atoms with van der Waals surface area (Å²) in [4.78, 5) is 0. The van der Waals surface area contributed by atoms with E-state index in [1.165, 1.54) is 38.5 Å². The number of benzene rings is 4. The minimum absolute atomic E-state index is 0.0421. The summed E-state index contributed by atoms with van der Waals surface area (Å²) in [5.74, 6) is 0. The van der Waals surface area contributed by atoms with Gasteiger partial charge in [-0.1, -0.05) is 78.9 Å². The van der Waals surface area contributed by atoms with E-state index >= 15 is 0 Å². The van der Waals surface area contributed by atoms with E-state index in [1.807, 2.05) is 0 Å². The van der Waals surface area contributed by atoms with E-state index in [0.717, 1.165) is 12.1 Å². The van der Waals surface area contributed by atoms with Gasteiger partial charge in [0.2, 0.25) is 0 Å². The largest absolute Gasteiger partial charge is 0.350 e. The van der Waals surface area contributed by atoms with Gasteiger partial charge >= 0.3 is 5.29 Å². The number of rotatable bonds is 3. The molecule has 1 aliphatic carbocycles. The highest BCUT2D eigenvalue weighted by Crippen LogP contribution is 2.34. The molecular weight excluding hydrogens is 438 g/mol. The second kappa shape index (κ2) is 7.61. The molecule has 2 heterocycles. The first-order valence-electron chi connectivity index (χ1n) is 11.7. The van der Waals surface area contributed by atoms with Gasteiger partial charge in [0.15, 0.2) is 0 Å². The number of amidine groups is 1. The highest BCUT2D eigenvalue weighted by atomic mass is 35.5. The van der Waals surface area contributed by atoms with Crippen molar-refractivity contribution in [1.29, 1.82) is 0 Å². The maximum absolute atomic E-state index is 6.61. The molecule has 0 saturated carbocycles. The minimum Gasteiger partial charge on any atom is -0.309 e. The Morgan fingerprint density at radius 1 is 0.794 bits per heavy atom. The lowest BCUT2D eigenvalue weighted by Gasteiger charge is -2.32. The Balaban J connectivity index is 1.30. The third-order valence-corrected chi connectivity index (χ3v) is 7.43. The molecule has 0 bridgehead atoms. The van der Waals surface area contributed by atoms with Gasteiger partial charge < -0.3 is 4.57 Å². The van der Waals surface area contributed by atoms with E-state index in [4.69, 9.17) is 11.6 Å². The highest BCUT2D eigenvalue weighted by Gasteiger charge is 2.42. The third kappa shape index (κ3) is 2.94. The van der Waals surface area contributed by atoms with Crippen LogP contribution in [-0.2, 0) is 6.42 Å². The Hall–Kier alpha value is -3.82. The molecule has 0 fully saturated rings. The molecule has 1 aromatic heterocycles. The lowest BCUT2D eigenvalue weighted by molar-refractivity contribution is -0.628. The van der Waals surface area contributed by atoms with Crippen molar-refractivity contribution in [2.75, 3.05) is 0 Å². The van der Waals surface area contributed by atoms with Gasteiger partial charge in [-0.25, -0.2) is 9.89 Å². The van der Waals surface area contributed by atoms with Crippen LogP contribution in [0, 0.1) is 0 Å². The molecule has 7 rings (SSSR count). The quantitative estimate of drug-likeness (QED) is 0.236. The molecule has 0 spiro atoms. The molecule has 2 unspecified atom stereocenters. The summed E-state index contributed by atoms with van der Waals surface area (Å²) in [7, 11) is 0. The van der Waals surface area contributed by atoms with E-state index in [2.05, 4.69) is 124 Å². The van der Waals surface area contributed by atoms with Crippen molar-refractivity contribution in [3.63, 3.8) is 0 Å². The number of fused-ring (bicyclic) bond motifs is 4. The molecule has 4 aromatic carbocycles. The zero-order valence-corrected chi connectivity index (χ0v) is 19.3. The summed E-state index contributed by atoms with van der Waals surface area (Å²) in [5, 5.41) is 6.70. The van der Waals surface area contributed by atoms with Crippen LogP contribution in [0.3, 0.4) is 0 Å². The Morgan fingerprint density at radius 2 is 1.50 bits per heavy atom. The molecule has 1 N–H and O–H groups in total. The van der Waals surface area contributed by atoms with Crippen LogP contribution in [-0.4, -0.2) is 20.5 Å². The van der Waals surface area contributed by atoms with Crippen molar-refractivity contribution in [2.45, 2.75) is 18.6 Å². The van der Waals surface area contributed by atoms with Crippen LogP contribution < -0.4 is 5.32 Å². The van der Waals surface area contributed by atoms with Gasteiger partial charge in [-0.2, -0.15) is 0 Å². The van der Waals surface area contributed by atoms with Crippen LogP contribution >= 0.6 is 11.6 Å². The smallest absolute Gasteiger partial charge is 0.309 e. The van der Waals surface area contributed by atoms with E-state index in [1.54, 1.807) is 0 Å². The summed E-state index contributed by atoms with van der Waals surface area (Å²) >= 11 is 6.61. The molecule has 3 nitrogen and oxygen atoms in total. The molecule has 0 saturated heterocycles. The molecule has 1 aliphatic heterocycles.